The lowest BCUT2D eigenvalue weighted by Gasteiger charge is -2.32. The summed E-state index contributed by atoms with van der Waals surface area (Å²) in [7, 11) is 0. The number of benzene rings is 3. The van der Waals surface area contributed by atoms with Crippen LogP contribution in [0, 0.1) is 5.82 Å². The molecule has 26 heavy (non-hydrogen) atoms. The maximum Gasteiger partial charge on any atom is 0.327 e. The molecule has 0 aliphatic carbocycles. The van der Waals surface area contributed by atoms with Crippen molar-refractivity contribution in [3.8, 4) is 0 Å². The van der Waals surface area contributed by atoms with E-state index in [1.165, 1.54) is 12.1 Å². The minimum Gasteiger partial charge on any atom is -0.331 e. The maximum absolute atomic E-state index is 13.1. The molecule has 2 amide bonds. The molecule has 1 aliphatic heterocycles. The minimum atomic E-state index is -0.289. The molecule has 5 heteroatoms. The number of hydrogen-bond acceptors (Lipinski definition) is 2. The zero-order valence-electron chi connectivity index (χ0n) is 14.1. The summed E-state index contributed by atoms with van der Waals surface area (Å²) in [6.45, 7) is 1.89. The molecule has 0 bridgehead atoms. The highest BCUT2D eigenvalue weighted by Crippen LogP contribution is 2.47. The lowest BCUT2D eigenvalue weighted by atomic mass is 10.1. The molecule has 0 spiro atoms. The van der Waals surface area contributed by atoms with Gasteiger partial charge in [0.2, 0.25) is 0 Å². The van der Waals surface area contributed by atoms with Gasteiger partial charge in [0.1, 0.15) is 5.82 Å². The van der Waals surface area contributed by atoms with Gasteiger partial charge in [0.15, 0.2) is 0 Å². The average molecular weight is 364 g/mol. The first-order valence-electron chi connectivity index (χ1n) is 8.35. The van der Waals surface area contributed by atoms with E-state index in [9.17, 15) is 9.18 Å². The number of urea groups is 1. The van der Waals surface area contributed by atoms with Crippen molar-refractivity contribution in [1.29, 1.82) is 0 Å². The van der Waals surface area contributed by atoms with Gasteiger partial charge in [-0.05, 0) is 48.9 Å². The molecule has 1 heterocycles. The topological polar surface area (TPSA) is 32.3 Å². The van der Waals surface area contributed by atoms with Gasteiger partial charge in [0.25, 0.3) is 0 Å². The van der Waals surface area contributed by atoms with Gasteiger partial charge in [-0.3, -0.25) is 4.90 Å². The molecule has 3 aromatic rings. The molecule has 3 aromatic carbocycles. The first-order valence-corrected chi connectivity index (χ1v) is 9.17. The van der Waals surface area contributed by atoms with Crippen LogP contribution in [-0.2, 0) is 0 Å². The molecule has 1 atom stereocenters. The molecule has 1 aliphatic rings. The van der Waals surface area contributed by atoms with Crippen molar-refractivity contribution >= 4 is 29.2 Å². The first kappa shape index (κ1) is 16.7. The number of fused-ring (bicyclic) bond motifs is 2. The van der Waals surface area contributed by atoms with Crippen LogP contribution < -0.4 is 10.2 Å². The van der Waals surface area contributed by atoms with Crippen LogP contribution in [0.25, 0.3) is 0 Å². The summed E-state index contributed by atoms with van der Waals surface area (Å²) in [6.07, 6.45) is 0. The number of carbonyl (C=O) groups excluding carboxylic acids is 1. The average Bonchev–Trinajstić information content (AvgIpc) is 2.66. The summed E-state index contributed by atoms with van der Waals surface area (Å²) in [6, 6.07) is 21.4. The van der Waals surface area contributed by atoms with E-state index in [0.29, 0.717) is 0 Å². The Kier molecular flexibility index (Phi) is 4.39. The fourth-order valence-electron chi connectivity index (χ4n) is 3.01. The van der Waals surface area contributed by atoms with Crippen molar-refractivity contribution in [3.05, 3.63) is 84.2 Å². The van der Waals surface area contributed by atoms with Crippen LogP contribution in [0.1, 0.15) is 18.5 Å². The number of hydrogen-bond donors (Lipinski definition) is 1. The molecule has 130 valence electrons. The third-order valence-electron chi connectivity index (χ3n) is 4.35. The molecule has 4 rings (SSSR count). The number of rotatable bonds is 2. The Bertz CT molecular complexity index is 913. The van der Waals surface area contributed by atoms with Gasteiger partial charge in [-0.2, -0.15) is 0 Å². The van der Waals surface area contributed by atoms with Crippen LogP contribution in [-0.4, -0.2) is 6.03 Å². The number of nitrogens with one attached hydrogen (secondary N) is 1. The third-order valence-corrected chi connectivity index (χ3v) is 5.48. The van der Waals surface area contributed by atoms with Gasteiger partial charge in [-0.15, -0.1) is 0 Å². The summed E-state index contributed by atoms with van der Waals surface area (Å²) in [4.78, 5) is 16.9. The van der Waals surface area contributed by atoms with E-state index in [0.717, 1.165) is 26.7 Å². The van der Waals surface area contributed by atoms with E-state index >= 15 is 0 Å². The zero-order chi connectivity index (χ0) is 18.1. The van der Waals surface area contributed by atoms with Crippen molar-refractivity contribution in [2.75, 3.05) is 4.90 Å². The van der Waals surface area contributed by atoms with Crippen molar-refractivity contribution in [2.24, 2.45) is 0 Å². The highest BCUT2D eigenvalue weighted by atomic mass is 32.2. The van der Waals surface area contributed by atoms with E-state index < -0.39 is 0 Å². The standard InChI is InChI=1S/C21H17FN2OS/c1-14(15-10-12-16(22)13-11-15)23-21(25)24-17-6-2-4-8-19(17)26-20-9-5-3-7-18(20)24/h2-14H,1H3,(H,23,25)/t14-/m1/s1. The second kappa shape index (κ2) is 6.84. The van der Waals surface area contributed by atoms with Gasteiger partial charge in [-0.25, -0.2) is 9.18 Å². The molecule has 0 saturated carbocycles. The van der Waals surface area contributed by atoms with Crippen LogP contribution in [0.15, 0.2) is 82.6 Å². The molecule has 0 saturated heterocycles. The predicted octanol–water partition coefficient (Wildman–Crippen LogP) is 5.90. The predicted molar refractivity (Wildman–Crippen MR) is 102 cm³/mol. The lowest BCUT2D eigenvalue weighted by molar-refractivity contribution is 0.245. The minimum absolute atomic E-state index is 0.206. The fraction of sp³-hybridized carbons (Fsp3) is 0.0952. The number of para-hydroxylation sites is 2. The molecular formula is C21H17FN2OS. The van der Waals surface area contributed by atoms with Crippen molar-refractivity contribution in [2.45, 2.75) is 22.8 Å². The van der Waals surface area contributed by atoms with E-state index in [1.807, 2.05) is 55.5 Å². The van der Waals surface area contributed by atoms with Crippen LogP contribution in [0.2, 0.25) is 0 Å². The molecule has 0 radical (unpaired) electrons. The largest absolute Gasteiger partial charge is 0.331 e. The van der Waals surface area contributed by atoms with Crippen LogP contribution in [0.3, 0.4) is 0 Å². The van der Waals surface area contributed by atoms with Gasteiger partial charge in [0, 0.05) is 9.79 Å². The van der Waals surface area contributed by atoms with Crippen LogP contribution in [0.4, 0.5) is 20.6 Å². The zero-order valence-corrected chi connectivity index (χ0v) is 15.0. The van der Waals surface area contributed by atoms with E-state index in [1.54, 1.807) is 28.8 Å². The maximum atomic E-state index is 13.1. The summed E-state index contributed by atoms with van der Waals surface area (Å²) < 4.78 is 13.1. The Balaban J connectivity index is 1.66. The number of nitrogens with zero attached hydrogens (tertiary/aromatic N) is 1. The number of carbonyl (C=O) groups is 1. The fourth-order valence-corrected chi connectivity index (χ4v) is 4.07. The molecular weight excluding hydrogens is 347 g/mol. The molecule has 0 aromatic heterocycles. The quantitative estimate of drug-likeness (QED) is 0.614. The SMILES string of the molecule is C[C@@H](NC(=O)N1c2ccccc2Sc2ccccc21)c1ccc(F)cc1. The normalized spacial score (nSPS) is 13.5. The molecule has 1 N–H and O–H groups in total. The van der Waals surface area contributed by atoms with E-state index in [2.05, 4.69) is 5.32 Å². The number of halogens is 1. The van der Waals surface area contributed by atoms with Crippen molar-refractivity contribution in [3.63, 3.8) is 0 Å². The highest BCUT2D eigenvalue weighted by molar-refractivity contribution is 7.99. The Morgan fingerprint density at radius 1 is 0.923 bits per heavy atom. The van der Waals surface area contributed by atoms with Gasteiger partial charge >= 0.3 is 6.03 Å². The Morgan fingerprint density at radius 3 is 2.04 bits per heavy atom. The smallest absolute Gasteiger partial charge is 0.327 e. The Morgan fingerprint density at radius 2 is 1.46 bits per heavy atom. The molecule has 3 nitrogen and oxygen atoms in total. The summed E-state index contributed by atoms with van der Waals surface area (Å²) >= 11 is 1.66. The van der Waals surface area contributed by atoms with Gasteiger partial charge in [0.05, 0.1) is 17.4 Å². The number of amides is 2. The molecule has 0 fully saturated rings. The van der Waals surface area contributed by atoms with Crippen molar-refractivity contribution in [1.82, 2.24) is 5.32 Å². The summed E-state index contributed by atoms with van der Waals surface area (Å²) in [5.74, 6) is -0.289. The Labute approximate surface area is 155 Å². The van der Waals surface area contributed by atoms with Crippen LogP contribution >= 0.6 is 11.8 Å². The van der Waals surface area contributed by atoms with E-state index in [-0.39, 0.29) is 17.9 Å². The van der Waals surface area contributed by atoms with Crippen LogP contribution in [0.5, 0.6) is 0 Å². The highest BCUT2D eigenvalue weighted by Gasteiger charge is 2.28. The summed E-state index contributed by atoms with van der Waals surface area (Å²) in [5, 5.41) is 3.02. The van der Waals surface area contributed by atoms with Gasteiger partial charge < -0.3 is 5.32 Å². The van der Waals surface area contributed by atoms with Crippen molar-refractivity contribution < 1.29 is 9.18 Å². The van der Waals surface area contributed by atoms with E-state index in [4.69, 9.17) is 0 Å². The second-order valence-corrected chi connectivity index (χ2v) is 7.18. The summed E-state index contributed by atoms with van der Waals surface area (Å²) in [5.41, 5.74) is 2.58. The molecule has 0 unspecified atom stereocenters. The monoisotopic (exact) mass is 364 g/mol. The Hall–Kier alpha value is -2.79. The lowest BCUT2D eigenvalue weighted by Crippen LogP contribution is -2.39. The first-order chi connectivity index (χ1) is 12.6. The number of anilines is 2. The second-order valence-electron chi connectivity index (χ2n) is 6.10. The third kappa shape index (κ3) is 3.06. The van der Waals surface area contributed by atoms with Gasteiger partial charge in [-0.1, -0.05) is 48.2 Å².